The van der Waals surface area contributed by atoms with Crippen molar-refractivity contribution >= 4 is 27.6 Å². The molecular weight excluding hydrogens is 365 g/mol. The molecule has 0 spiro atoms. The number of urea groups is 1. The Morgan fingerprint density at radius 2 is 1.72 bits per heavy atom. The molecule has 4 N–H and O–H groups in total. The number of nitrogens with one attached hydrogen (secondary N) is 2. The summed E-state index contributed by atoms with van der Waals surface area (Å²) < 4.78 is 66.6. The lowest BCUT2D eigenvalue weighted by Crippen LogP contribution is -2.69. The number of nitrogen functional groups attached to an aromatic ring is 1. The monoisotopic (exact) mass is 380 g/mol. The van der Waals surface area contributed by atoms with Crippen LogP contribution in [0.25, 0.3) is 0 Å². The van der Waals surface area contributed by atoms with Crippen molar-refractivity contribution < 1.29 is 31.2 Å². The van der Waals surface area contributed by atoms with Gasteiger partial charge in [-0.3, -0.25) is 9.69 Å². The zero-order valence-corrected chi connectivity index (χ0v) is 13.9. The van der Waals surface area contributed by atoms with Crippen molar-refractivity contribution in [3.63, 3.8) is 0 Å². The maximum absolute atomic E-state index is 13.6. The van der Waals surface area contributed by atoms with E-state index in [1.54, 1.807) is 0 Å². The highest BCUT2D eigenvalue weighted by atomic mass is 32.2. The van der Waals surface area contributed by atoms with Gasteiger partial charge in [0.05, 0.1) is 4.90 Å². The zero-order valence-electron chi connectivity index (χ0n) is 13.1. The van der Waals surface area contributed by atoms with Crippen LogP contribution in [0.4, 0.5) is 23.7 Å². The number of amides is 3. The van der Waals surface area contributed by atoms with E-state index >= 15 is 0 Å². The number of hydrogen-bond donors (Lipinski definition) is 3. The van der Waals surface area contributed by atoms with Crippen LogP contribution in [0.5, 0.6) is 0 Å². The third kappa shape index (κ3) is 3.14. The molecule has 1 fully saturated rings. The predicted molar refractivity (Wildman–Crippen MR) is 80.5 cm³/mol. The van der Waals surface area contributed by atoms with Crippen LogP contribution in [-0.2, 0) is 14.8 Å². The molecule has 3 amide bonds. The number of nitrogens with two attached hydrogens (primary N) is 1. The first-order chi connectivity index (χ1) is 11.3. The lowest BCUT2D eigenvalue weighted by Gasteiger charge is -2.30. The lowest BCUT2D eigenvalue weighted by atomic mass is 10.1. The van der Waals surface area contributed by atoms with E-state index in [1.165, 1.54) is 36.0 Å². The van der Waals surface area contributed by atoms with Gasteiger partial charge in [0.2, 0.25) is 10.0 Å². The summed E-state index contributed by atoms with van der Waals surface area (Å²) >= 11 is 0. The average Bonchev–Trinajstić information content (AvgIpc) is 2.70. The summed E-state index contributed by atoms with van der Waals surface area (Å²) in [4.78, 5) is 23.8. The number of sulfonamides is 1. The second-order valence-corrected chi connectivity index (χ2v) is 7.30. The van der Waals surface area contributed by atoms with Crippen molar-refractivity contribution in [2.75, 3.05) is 5.73 Å². The number of imide groups is 1. The molecule has 0 saturated carbocycles. The fourth-order valence-electron chi connectivity index (χ4n) is 2.24. The SMILES string of the molecule is CC(C)N1C(=O)NC(NS(=O)(=O)c2ccc(N)cc2)(C(F)(F)F)C1=O. The Balaban J connectivity index is 2.52. The third-order valence-corrected chi connectivity index (χ3v) is 4.94. The number of halogens is 3. The Morgan fingerprint density at radius 3 is 2.12 bits per heavy atom. The van der Waals surface area contributed by atoms with Crippen molar-refractivity contribution in [1.29, 1.82) is 0 Å². The molecule has 12 heteroatoms. The standard InChI is InChI=1S/C13H15F3N4O4S/c1-7(2)20-10(21)12(13(14,15)16,18-11(20)22)19-25(23,24)9-5-3-8(17)4-6-9/h3-7,19H,17H2,1-2H3,(H,18,22). The van der Waals surface area contributed by atoms with E-state index in [9.17, 15) is 31.2 Å². The number of benzene rings is 1. The quantitative estimate of drug-likeness (QED) is 0.526. The van der Waals surface area contributed by atoms with E-state index in [1.807, 2.05) is 0 Å². The minimum atomic E-state index is -5.41. The molecule has 1 saturated heterocycles. The highest BCUT2D eigenvalue weighted by Gasteiger charge is 2.69. The smallest absolute Gasteiger partial charge is 0.399 e. The van der Waals surface area contributed by atoms with Crippen LogP contribution in [0, 0.1) is 0 Å². The van der Waals surface area contributed by atoms with Crippen molar-refractivity contribution in [3.05, 3.63) is 24.3 Å². The summed E-state index contributed by atoms with van der Waals surface area (Å²) in [5, 5.41) is 1.42. The molecule has 138 valence electrons. The van der Waals surface area contributed by atoms with Gasteiger partial charge in [-0.15, -0.1) is 0 Å². The summed E-state index contributed by atoms with van der Waals surface area (Å²) in [6.45, 7) is 2.64. The fraction of sp³-hybridized carbons (Fsp3) is 0.385. The van der Waals surface area contributed by atoms with Gasteiger partial charge in [-0.25, -0.2) is 13.2 Å². The van der Waals surface area contributed by atoms with Gasteiger partial charge in [0.1, 0.15) is 0 Å². The number of carbonyl (C=O) groups excluding carboxylic acids is 2. The van der Waals surface area contributed by atoms with Crippen LogP contribution >= 0.6 is 0 Å². The molecule has 25 heavy (non-hydrogen) atoms. The normalized spacial score (nSPS) is 21.8. The number of carbonyl (C=O) groups is 2. The molecule has 1 unspecified atom stereocenters. The number of rotatable bonds is 4. The Kier molecular flexibility index (Phi) is 4.46. The van der Waals surface area contributed by atoms with E-state index in [2.05, 4.69) is 0 Å². The van der Waals surface area contributed by atoms with Gasteiger partial charge in [0.15, 0.2) is 0 Å². The summed E-state index contributed by atoms with van der Waals surface area (Å²) in [5.74, 6) is -1.75. The molecule has 1 atom stereocenters. The molecule has 0 radical (unpaired) electrons. The maximum Gasteiger partial charge on any atom is 0.435 e. The van der Waals surface area contributed by atoms with Crippen molar-refractivity contribution in [2.45, 2.75) is 36.6 Å². The Hall–Kier alpha value is -2.34. The van der Waals surface area contributed by atoms with Crippen LogP contribution in [0.1, 0.15) is 13.8 Å². The van der Waals surface area contributed by atoms with Crippen LogP contribution in [0.2, 0.25) is 0 Å². The van der Waals surface area contributed by atoms with E-state index < -0.39 is 44.7 Å². The summed E-state index contributed by atoms with van der Waals surface area (Å²) in [7, 11) is -4.80. The Morgan fingerprint density at radius 1 is 1.20 bits per heavy atom. The summed E-state index contributed by atoms with van der Waals surface area (Å²) in [6, 6.07) is 2.04. The topological polar surface area (TPSA) is 122 Å². The molecule has 0 bridgehead atoms. The molecule has 1 aliphatic rings. The van der Waals surface area contributed by atoms with E-state index in [-0.39, 0.29) is 5.69 Å². The molecule has 8 nitrogen and oxygen atoms in total. The predicted octanol–water partition coefficient (Wildman–Crippen LogP) is 0.766. The number of hydrogen-bond acceptors (Lipinski definition) is 5. The van der Waals surface area contributed by atoms with Crippen LogP contribution in [-0.4, -0.2) is 43.1 Å². The van der Waals surface area contributed by atoms with E-state index in [0.717, 1.165) is 12.1 Å². The minimum Gasteiger partial charge on any atom is -0.399 e. The van der Waals surface area contributed by atoms with Gasteiger partial charge in [-0.2, -0.15) is 17.9 Å². The molecule has 1 aliphatic heterocycles. The molecule has 0 aromatic heterocycles. The van der Waals surface area contributed by atoms with Crippen molar-refractivity contribution in [1.82, 2.24) is 14.9 Å². The van der Waals surface area contributed by atoms with Gasteiger partial charge in [0, 0.05) is 11.7 Å². The van der Waals surface area contributed by atoms with Crippen molar-refractivity contribution in [2.24, 2.45) is 0 Å². The van der Waals surface area contributed by atoms with E-state index in [4.69, 9.17) is 5.73 Å². The lowest BCUT2D eigenvalue weighted by molar-refractivity contribution is -0.198. The van der Waals surface area contributed by atoms with Crippen LogP contribution < -0.4 is 15.8 Å². The molecule has 0 aliphatic carbocycles. The van der Waals surface area contributed by atoms with Crippen LogP contribution in [0.15, 0.2) is 29.2 Å². The minimum absolute atomic E-state index is 0.195. The molecule has 1 heterocycles. The van der Waals surface area contributed by atoms with Gasteiger partial charge in [-0.1, -0.05) is 0 Å². The second-order valence-electron chi connectivity index (χ2n) is 5.62. The first-order valence-electron chi connectivity index (χ1n) is 6.94. The Bertz CT molecular complexity index is 808. The highest BCUT2D eigenvalue weighted by Crippen LogP contribution is 2.35. The molecular formula is C13H15F3N4O4S. The largest absolute Gasteiger partial charge is 0.435 e. The molecule has 2 rings (SSSR count). The number of alkyl halides is 3. The van der Waals surface area contributed by atoms with Gasteiger partial charge < -0.3 is 11.1 Å². The van der Waals surface area contributed by atoms with Crippen LogP contribution in [0.3, 0.4) is 0 Å². The first kappa shape index (κ1) is 19.0. The third-order valence-electron chi connectivity index (χ3n) is 3.47. The second kappa shape index (κ2) is 5.88. The average molecular weight is 380 g/mol. The summed E-state index contributed by atoms with van der Waals surface area (Å²) in [5.41, 5.74) is 1.82. The Labute approximate surface area is 141 Å². The number of nitrogens with zero attached hydrogens (tertiary/aromatic N) is 1. The van der Waals surface area contributed by atoms with E-state index in [0.29, 0.717) is 4.90 Å². The molecule has 1 aromatic rings. The maximum atomic E-state index is 13.6. The van der Waals surface area contributed by atoms with Gasteiger partial charge in [0.25, 0.3) is 11.6 Å². The van der Waals surface area contributed by atoms with Crippen molar-refractivity contribution in [3.8, 4) is 0 Å². The van der Waals surface area contributed by atoms with Gasteiger partial charge >= 0.3 is 12.2 Å². The fourth-order valence-corrected chi connectivity index (χ4v) is 3.51. The highest BCUT2D eigenvalue weighted by molar-refractivity contribution is 7.89. The molecule has 1 aromatic carbocycles. The van der Waals surface area contributed by atoms with Gasteiger partial charge in [-0.05, 0) is 38.1 Å². The first-order valence-corrected chi connectivity index (χ1v) is 8.42. The number of anilines is 1. The summed E-state index contributed by atoms with van der Waals surface area (Å²) in [6.07, 6.45) is -5.41. The zero-order chi connectivity index (χ0) is 19.2.